The smallest absolute Gasteiger partial charge is 0.306 e. The van der Waals surface area contributed by atoms with Crippen molar-refractivity contribution >= 4 is 10.1 Å². The molecule has 0 aliphatic rings. The van der Waals surface area contributed by atoms with Gasteiger partial charge in [0.15, 0.2) is 0 Å². The summed E-state index contributed by atoms with van der Waals surface area (Å²) in [6.07, 6.45) is 1.18. The Morgan fingerprint density at radius 1 is 1.70 bits per heavy atom. The summed E-state index contributed by atoms with van der Waals surface area (Å²) in [5, 5.41) is 5.97. The minimum atomic E-state index is -4.20. The summed E-state index contributed by atoms with van der Waals surface area (Å²) in [5.74, 6) is 0. The molecule has 0 atom stereocenters. The largest absolute Gasteiger partial charge is 0.330 e. The highest BCUT2D eigenvalue weighted by atomic mass is 32.2. The molecule has 1 aromatic heterocycles. The second-order valence-corrected chi connectivity index (χ2v) is 3.01. The van der Waals surface area contributed by atoms with E-state index in [-0.39, 0.29) is 0 Å². The average Bonchev–Trinajstić information content (AvgIpc) is 2.11. The maximum absolute atomic E-state index is 10.3. The first-order valence-electron chi connectivity index (χ1n) is 2.33. The van der Waals surface area contributed by atoms with Gasteiger partial charge >= 0.3 is 10.1 Å². The summed E-state index contributed by atoms with van der Waals surface area (Å²) in [6.45, 7) is 0. The van der Waals surface area contributed by atoms with Crippen LogP contribution in [0.2, 0.25) is 0 Å². The van der Waals surface area contributed by atoms with Crippen LogP contribution in [0, 0.1) is 0 Å². The highest BCUT2D eigenvalue weighted by Gasteiger charge is 2.15. The fourth-order valence-electron chi connectivity index (χ4n) is 0.506. The maximum atomic E-state index is 10.3. The summed E-state index contributed by atoms with van der Waals surface area (Å²) in [4.78, 5) is 0. The molecule has 7 heteroatoms. The molecule has 0 aliphatic carbocycles. The molecule has 0 spiro atoms. The van der Waals surface area contributed by atoms with Gasteiger partial charge in [0.25, 0.3) is 5.16 Å². The fourth-order valence-corrected chi connectivity index (χ4v) is 1.07. The molecular weight excluding hydrogens is 158 g/mol. The Bertz CT molecular complexity index is 327. The second-order valence-electron chi connectivity index (χ2n) is 1.70. The van der Waals surface area contributed by atoms with E-state index in [1.54, 1.807) is 0 Å². The fraction of sp³-hybridized carbons (Fsp3) is 0.333. The van der Waals surface area contributed by atoms with Gasteiger partial charge in [0.1, 0.15) is 6.33 Å². The van der Waals surface area contributed by atoms with Crippen LogP contribution in [0.1, 0.15) is 0 Å². The van der Waals surface area contributed by atoms with Gasteiger partial charge in [-0.05, 0) is 0 Å². The van der Waals surface area contributed by atoms with Crippen LogP contribution in [0.25, 0.3) is 0 Å². The van der Waals surface area contributed by atoms with Crippen molar-refractivity contribution in [1.82, 2.24) is 14.8 Å². The van der Waals surface area contributed by atoms with E-state index in [9.17, 15) is 8.42 Å². The van der Waals surface area contributed by atoms with Crippen LogP contribution in [-0.4, -0.2) is 27.7 Å². The lowest BCUT2D eigenvalue weighted by molar-refractivity contribution is 0.468. The van der Waals surface area contributed by atoms with Gasteiger partial charge in [0, 0.05) is 7.05 Å². The topological polar surface area (TPSA) is 85.1 Å². The third kappa shape index (κ3) is 1.14. The Kier molecular flexibility index (Phi) is 1.45. The van der Waals surface area contributed by atoms with Crippen molar-refractivity contribution in [3.63, 3.8) is 0 Å². The molecule has 0 bridgehead atoms. The molecule has 0 amide bonds. The van der Waals surface area contributed by atoms with Crippen LogP contribution < -0.4 is 0 Å². The summed E-state index contributed by atoms with van der Waals surface area (Å²) in [6, 6.07) is 0. The van der Waals surface area contributed by atoms with E-state index >= 15 is 0 Å². The van der Waals surface area contributed by atoms with E-state index in [1.807, 2.05) is 0 Å². The van der Waals surface area contributed by atoms with E-state index in [2.05, 4.69) is 10.2 Å². The van der Waals surface area contributed by atoms with Gasteiger partial charge in [-0.15, -0.1) is 10.2 Å². The van der Waals surface area contributed by atoms with Crippen molar-refractivity contribution in [2.24, 2.45) is 7.05 Å². The first-order valence-corrected chi connectivity index (χ1v) is 3.77. The number of nitrogens with zero attached hydrogens (tertiary/aromatic N) is 3. The number of aromatic nitrogens is 3. The van der Waals surface area contributed by atoms with Crippen LogP contribution in [-0.2, 0) is 17.2 Å². The summed E-state index contributed by atoms with van der Waals surface area (Å²) in [7, 11) is -2.78. The lowest BCUT2D eigenvalue weighted by atomic mass is 11.1. The molecule has 56 valence electrons. The van der Waals surface area contributed by atoms with Crippen molar-refractivity contribution in [3.8, 4) is 0 Å². The van der Waals surface area contributed by atoms with Gasteiger partial charge in [0.2, 0.25) is 0 Å². The molecule has 0 saturated carbocycles. The van der Waals surface area contributed by atoms with Crippen molar-refractivity contribution < 1.29 is 13.0 Å². The highest BCUT2D eigenvalue weighted by Crippen LogP contribution is 1.99. The molecule has 1 aromatic rings. The van der Waals surface area contributed by atoms with E-state index in [0.29, 0.717) is 0 Å². The van der Waals surface area contributed by atoms with Gasteiger partial charge in [-0.2, -0.15) is 8.42 Å². The lowest BCUT2D eigenvalue weighted by Crippen LogP contribution is -2.05. The Labute approximate surface area is 57.3 Å². The van der Waals surface area contributed by atoms with Crippen LogP contribution >= 0.6 is 0 Å². The molecule has 0 aromatic carbocycles. The summed E-state index contributed by atoms with van der Waals surface area (Å²) >= 11 is 0. The number of hydrogen-bond acceptors (Lipinski definition) is 4. The van der Waals surface area contributed by atoms with Crippen LogP contribution in [0.4, 0.5) is 0 Å². The monoisotopic (exact) mass is 163 g/mol. The van der Waals surface area contributed by atoms with Gasteiger partial charge < -0.3 is 4.57 Å². The predicted octanol–water partition coefficient (Wildman–Crippen LogP) is -0.938. The summed E-state index contributed by atoms with van der Waals surface area (Å²) in [5.41, 5.74) is 0. The Morgan fingerprint density at radius 2 is 2.30 bits per heavy atom. The van der Waals surface area contributed by atoms with Gasteiger partial charge in [-0.3, -0.25) is 4.55 Å². The zero-order valence-corrected chi connectivity index (χ0v) is 5.91. The van der Waals surface area contributed by atoms with Crippen molar-refractivity contribution in [2.75, 3.05) is 0 Å². The van der Waals surface area contributed by atoms with E-state index < -0.39 is 15.3 Å². The highest BCUT2D eigenvalue weighted by molar-refractivity contribution is 7.85. The first-order chi connectivity index (χ1) is 4.52. The third-order valence-electron chi connectivity index (χ3n) is 0.901. The first kappa shape index (κ1) is 7.16. The molecule has 6 nitrogen and oxygen atoms in total. The average molecular weight is 163 g/mol. The minimum Gasteiger partial charge on any atom is -0.306 e. The van der Waals surface area contributed by atoms with Crippen LogP contribution in [0.15, 0.2) is 11.5 Å². The molecule has 1 N–H and O–H groups in total. The molecule has 1 heterocycles. The molecule has 0 aliphatic heterocycles. The second kappa shape index (κ2) is 2.03. The van der Waals surface area contributed by atoms with Crippen molar-refractivity contribution in [2.45, 2.75) is 5.16 Å². The van der Waals surface area contributed by atoms with Crippen LogP contribution in [0.5, 0.6) is 0 Å². The molecular formula is C3H5N3O3S. The zero-order valence-electron chi connectivity index (χ0n) is 5.09. The molecule has 0 fully saturated rings. The molecule has 10 heavy (non-hydrogen) atoms. The van der Waals surface area contributed by atoms with E-state index in [1.165, 1.54) is 13.4 Å². The maximum Gasteiger partial charge on any atom is 0.330 e. The Hall–Kier alpha value is -0.950. The third-order valence-corrected chi connectivity index (χ3v) is 1.73. The molecule has 0 unspecified atom stereocenters. The quantitative estimate of drug-likeness (QED) is 0.540. The molecule has 0 saturated heterocycles. The normalized spacial score (nSPS) is 11.8. The number of hydrogen-bond donors (Lipinski definition) is 1. The van der Waals surface area contributed by atoms with Crippen molar-refractivity contribution in [1.29, 1.82) is 0 Å². The number of aryl methyl sites for hydroxylation is 1. The number of rotatable bonds is 1. The van der Waals surface area contributed by atoms with Gasteiger partial charge in [-0.1, -0.05) is 0 Å². The minimum absolute atomic E-state index is 0.451. The van der Waals surface area contributed by atoms with Gasteiger partial charge in [-0.25, -0.2) is 0 Å². The van der Waals surface area contributed by atoms with E-state index in [4.69, 9.17) is 4.55 Å². The van der Waals surface area contributed by atoms with Crippen molar-refractivity contribution in [3.05, 3.63) is 6.33 Å². The van der Waals surface area contributed by atoms with Gasteiger partial charge in [0.05, 0.1) is 0 Å². The Morgan fingerprint density at radius 3 is 2.50 bits per heavy atom. The molecule has 0 radical (unpaired) electrons. The standard InChI is InChI=1S/C3H5N3O3S/c1-6-2-4-5-3(6)10(7,8)9/h2H,1H3,(H,7,8,9). The predicted molar refractivity (Wildman–Crippen MR) is 30.8 cm³/mol. The van der Waals surface area contributed by atoms with Crippen LogP contribution in [0.3, 0.4) is 0 Å². The molecule has 1 rings (SSSR count). The summed E-state index contributed by atoms with van der Waals surface area (Å²) < 4.78 is 30.2. The Balaban J connectivity index is 3.32. The van der Waals surface area contributed by atoms with E-state index in [0.717, 1.165) is 4.57 Å². The lowest BCUT2D eigenvalue weighted by Gasteiger charge is -1.91. The zero-order chi connectivity index (χ0) is 7.78. The SMILES string of the molecule is Cn1cnnc1S(=O)(=O)O.